The van der Waals surface area contributed by atoms with Crippen molar-refractivity contribution in [1.82, 2.24) is 34.1 Å². The Bertz CT molecular complexity index is 3610. The maximum Gasteiger partial charge on any atom is 0.427 e. The molecular weight excluding hydrogens is 1110 g/mol. The van der Waals surface area contributed by atoms with E-state index < -0.39 is 84.5 Å². The molecule has 0 aliphatic carbocycles. The highest BCUT2D eigenvalue weighted by Crippen LogP contribution is 2.44. The number of ether oxygens (including phenoxy) is 6. The van der Waals surface area contributed by atoms with Crippen molar-refractivity contribution >= 4 is 63.2 Å². The van der Waals surface area contributed by atoms with Crippen LogP contribution < -0.4 is 19.1 Å². The number of hydrogen-bond acceptors (Lipinski definition) is 17. The van der Waals surface area contributed by atoms with Crippen molar-refractivity contribution in [3.05, 3.63) is 120 Å². The molecule has 0 fully saturated rings. The number of sulfone groups is 1. The van der Waals surface area contributed by atoms with Gasteiger partial charge in [0.25, 0.3) is 0 Å². The molecule has 0 aliphatic heterocycles. The van der Waals surface area contributed by atoms with E-state index in [9.17, 15) is 14.4 Å². The van der Waals surface area contributed by atoms with Gasteiger partial charge in [-0.15, -0.1) is 15.1 Å². The third-order valence-corrected chi connectivity index (χ3v) is 18.1. The molecule has 2 amide bonds. The van der Waals surface area contributed by atoms with Crippen molar-refractivity contribution in [3.63, 3.8) is 0 Å². The molecule has 7 aromatic rings. The van der Waals surface area contributed by atoms with Gasteiger partial charge in [-0.1, -0.05) is 74.2 Å². The summed E-state index contributed by atoms with van der Waals surface area (Å²) < 4.78 is 99.4. The van der Waals surface area contributed by atoms with E-state index in [0.29, 0.717) is 33.3 Å². The predicted molar refractivity (Wildman–Crippen MR) is 313 cm³/mol. The molecule has 0 bridgehead atoms. The van der Waals surface area contributed by atoms with Crippen molar-refractivity contribution in [2.24, 2.45) is 0 Å². The van der Waals surface area contributed by atoms with E-state index in [1.165, 1.54) is 41.5 Å². The summed E-state index contributed by atoms with van der Waals surface area (Å²) in [5.74, 6) is 0.343. The average molecular weight is 1180 g/mol. The van der Waals surface area contributed by atoms with Gasteiger partial charge in [-0.05, 0) is 144 Å². The smallest absolute Gasteiger partial charge is 0.427 e. The fraction of sp³-hybridized carbons (Fsp3) is 0.397. The van der Waals surface area contributed by atoms with Crippen molar-refractivity contribution in [1.29, 1.82) is 0 Å². The zero-order valence-corrected chi connectivity index (χ0v) is 51.7. The van der Waals surface area contributed by atoms with E-state index in [2.05, 4.69) is 10.3 Å². The van der Waals surface area contributed by atoms with E-state index in [4.69, 9.17) is 38.5 Å². The van der Waals surface area contributed by atoms with Gasteiger partial charge >= 0.3 is 18.3 Å². The summed E-state index contributed by atoms with van der Waals surface area (Å²) in [7, 11) is -7.14. The molecule has 82 heavy (non-hydrogen) atoms. The largest absolute Gasteiger partial charge is 0.497 e. The second-order valence-corrected chi connectivity index (χ2v) is 33.2. The Morgan fingerprint density at radius 3 is 1.56 bits per heavy atom. The number of anilines is 1. The van der Waals surface area contributed by atoms with Gasteiger partial charge in [0.15, 0.2) is 9.84 Å². The van der Waals surface area contributed by atoms with Gasteiger partial charge in [-0.25, -0.2) is 40.8 Å². The number of methoxy groups -OCH3 is 3. The molecular formula is C58H72N8O13S2Si. The van der Waals surface area contributed by atoms with Crippen LogP contribution in [0.15, 0.2) is 113 Å². The number of benzene rings is 5. The Morgan fingerprint density at radius 2 is 1.10 bits per heavy atom. The number of imidazole rings is 1. The summed E-state index contributed by atoms with van der Waals surface area (Å²) in [4.78, 5) is 48.9. The molecule has 0 spiro atoms. The molecule has 0 unspecified atom stereocenters. The molecule has 0 atom stereocenters. The summed E-state index contributed by atoms with van der Waals surface area (Å²) in [6.07, 6.45) is -3.57. The van der Waals surface area contributed by atoms with Gasteiger partial charge in [0.2, 0.25) is 21.8 Å². The third-order valence-electron chi connectivity index (χ3n) is 12.3. The van der Waals surface area contributed by atoms with Crippen molar-refractivity contribution < 1.29 is 59.6 Å². The Balaban J connectivity index is 1.63. The summed E-state index contributed by atoms with van der Waals surface area (Å²) in [5.41, 5.74) is -2.02. The number of nitrogens with zero attached hydrogens (tertiary/aromatic N) is 8. The standard InChI is InChI=1S/C58H72N8O13S2Si/c1-56(2,3)77-53(67)65-46-18-16-17-45(49(46)59-52(65)66(54(68)78-57(4,5)6)55(69)79-58(7,8)9)44-31-32-47(80(70,71)33-34-82(13,14)15)50(48(44)51-60-62-64(61-51)37-40-23-29-43(76-12)30-24-40)81(72,73)63(35-38-19-25-41(74-10)26-20-38)36-39-21-27-42(75-11)28-22-39/h16-32H,33-37H2,1-15H3. The molecule has 2 aromatic heterocycles. The quantitative estimate of drug-likeness (QED) is 0.0573. The number of carbonyl (C=O) groups is 3. The van der Waals surface area contributed by atoms with Gasteiger partial charge in [-0.3, -0.25) is 0 Å². The first-order chi connectivity index (χ1) is 38.2. The maximum absolute atomic E-state index is 16.5. The van der Waals surface area contributed by atoms with E-state index in [-0.39, 0.29) is 59.2 Å². The first-order valence-electron chi connectivity index (χ1n) is 26.3. The summed E-state index contributed by atoms with van der Waals surface area (Å²) in [5, 5.41) is 13.7. The normalized spacial score (nSPS) is 12.5. The number of carbonyl (C=O) groups excluding carboxylic acids is 3. The van der Waals surface area contributed by atoms with Crippen molar-refractivity contribution in [2.45, 2.75) is 134 Å². The van der Waals surface area contributed by atoms with Crippen LogP contribution in [-0.4, -0.2) is 121 Å². The van der Waals surface area contributed by atoms with Crippen LogP contribution in [0.2, 0.25) is 25.7 Å². The number of para-hydroxylation sites is 1. The summed E-state index contributed by atoms with van der Waals surface area (Å²) in [6, 6.07) is 28.2. The molecule has 0 N–H and O–H groups in total. The lowest BCUT2D eigenvalue weighted by Gasteiger charge is -2.28. The lowest BCUT2D eigenvalue weighted by molar-refractivity contribution is 0.0423. The predicted octanol–water partition coefficient (Wildman–Crippen LogP) is 11.4. The van der Waals surface area contributed by atoms with Crippen molar-refractivity contribution in [2.75, 3.05) is 32.0 Å². The molecule has 0 radical (unpaired) electrons. The average Bonchev–Trinajstić information content (AvgIpc) is 2.15. The second-order valence-electron chi connectivity index (χ2n) is 23.6. The fourth-order valence-electron chi connectivity index (χ4n) is 8.39. The monoisotopic (exact) mass is 1180 g/mol. The molecule has 0 saturated heterocycles. The van der Waals surface area contributed by atoms with Crippen LogP contribution >= 0.6 is 0 Å². The number of amides is 2. The second kappa shape index (κ2) is 24.0. The van der Waals surface area contributed by atoms with Gasteiger partial charge < -0.3 is 28.4 Å². The molecule has 5 aromatic carbocycles. The highest BCUT2D eigenvalue weighted by Gasteiger charge is 2.41. The van der Waals surface area contributed by atoms with Crippen LogP contribution in [-0.2, 0) is 53.7 Å². The first kappa shape index (κ1) is 61.9. The Kier molecular flexibility index (Phi) is 18.2. The lowest BCUT2D eigenvalue weighted by Crippen LogP contribution is -2.45. The number of hydrogen-bond donors (Lipinski definition) is 0. The zero-order chi connectivity index (χ0) is 60.3. The lowest BCUT2D eigenvalue weighted by atomic mass is 9.98. The molecule has 0 aliphatic rings. The van der Waals surface area contributed by atoms with Crippen LogP contribution in [0.5, 0.6) is 17.2 Å². The van der Waals surface area contributed by atoms with E-state index in [0.717, 1.165) is 10.1 Å². The topological polar surface area (TPSA) is 243 Å². The molecule has 2 heterocycles. The highest BCUT2D eigenvalue weighted by atomic mass is 32.2. The zero-order valence-electron chi connectivity index (χ0n) is 49.1. The minimum atomic E-state index is -5.08. The Morgan fingerprint density at radius 1 is 0.610 bits per heavy atom. The Labute approximate surface area is 480 Å². The number of sulfonamides is 1. The summed E-state index contributed by atoms with van der Waals surface area (Å²) >= 11 is 0. The number of fused-ring (bicyclic) bond motifs is 1. The van der Waals surface area contributed by atoms with Crippen LogP contribution in [0.4, 0.5) is 20.3 Å². The van der Waals surface area contributed by atoms with E-state index in [1.54, 1.807) is 154 Å². The van der Waals surface area contributed by atoms with Crippen LogP contribution in [0.3, 0.4) is 0 Å². The molecule has 24 heteroatoms. The van der Waals surface area contributed by atoms with Gasteiger partial charge in [0.05, 0.1) is 55.1 Å². The van der Waals surface area contributed by atoms with Gasteiger partial charge in [0, 0.05) is 26.7 Å². The van der Waals surface area contributed by atoms with E-state index >= 15 is 16.8 Å². The minimum Gasteiger partial charge on any atom is -0.497 e. The fourth-order valence-corrected chi connectivity index (χ4v) is 15.2. The number of rotatable bonds is 18. The third kappa shape index (κ3) is 15.1. The van der Waals surface area contributed by atoms with Crippen molar-refractivity contribution in [3.8, 4) is 39.8 Å². The SMILES string of the molecule is COc1ccc(CN(Cc2ccc(OC)cc2)S(=O)(=O)c2c(S(=O)(=O)CC[Si](C)(C)C)ccc(-c3cccc4c3nc(N(C(=O)OC(C)(C)C)C(=O)OC(C)(C)C)n4C(=O)OC(C)(C)C)c2-c2nnn(Cc3ccc(OC)cc3)n2)cc1. The van der Waals surface area contributed by atoms with Crippen LogP contribution in [0.25, 0.3) is 33.5 Å². The molecule has 438 valence electrons. The number of aromatic nitrogens is 6. The summed E-state index contributed by atoms with van der Waals surface area (Å²) in [6.45, 7) is 20.0. The van der Waals surface area contributed by atoms with Crippen LogP contribution in [0.1, 0.15) is 79.0 Å². The number of tetrazole rings is 1. The van der Waals surface area contributed by atoms with Gasteiger partial charge in [0.1, 0.15) is 38.9 Å². The molecule has 21 nitrogen and oxygen atoms in total. The van der Waals surface area contributed by atoms with Gasteiger partial charge in [-0.2, -0.15) is 9.10 Å². The Hall–Kier alpha value is -7.67. The maximum atomic E-state index is 16.5. The van der Waals surface area contributed by atoms with Crippen LogP contribution in [0, 0.1) is 0 Å². The molecule has 7 rings (SSSR count). The number of imide groups is 1. The minimum absolute atomic E-state index is 0.00707. The first-order valence-corrected chi connectivity index (χ1v) is 33.1. The highest BCUT2D eigenvalue weighted by molar-refractivity contribution is 7.93. The van der Waals surface area contributed by atoms with E-state index in [1.807, 2.05) is 19.6 Å². The molecule has 0 saturated carbocycles.